The Morgan fingerprint density at radius 1 is 1.22 bits per heavy atom. The molecule has 1 aliphatic rings. The molecule has 162 valence electrons. The molecule has 0 unspecified atom stereocenters. The Balaban J connectivity index is 1.42. The topological polar surface area (TPSA) is 95.0 Å². The van der Waals surface area contributed by atoms with Gasteiger partial charge in [0, 0.05) is 24.2 Å². The number of imidazole rings is 1. The standard InChI is InChI=1S/C23H24N8S/c1-15-21(31-9-10-32-23(31)26-15)14-30-8-4-3-5-20(30)19-11-22(28-16(2)27-19)29-18-7-6-17(12-24)25-13-18/h6-7,9-11,13,20H,3-5,8,14H2,1-2H3,(H,27,28,29)/t20-/m0/s1. The zero-order valence-corrected chi connectivity index (χ0v) is 18.9. The van der Waals surface area contributed by atoms with Crippen LogP contribution in [0.25, 0.3) is 4.96 Å². The van der Waals surface area contributed by atoms with Crippen molar-refractivity contribution in [2.45, 2.75) is 45.7 Å². The van der Waals surface area contributed by atoms with E-state index >= 15 is 0 Å². The fourth-order valence-electron chi connectivity index (χ4n) is 4.35. The molecule has 0 aliphatic carbocycles. The van der Waals surface area contributed by atoms with E-state index < -0.39 is 0 Å². The van der Waals surface area contributed by atoms with Gasteiger partial charge in [-0.2, -0.15) is 5.26 Å². The summed E-state index contributed by atoms with van der Waals surface area (Å²) in [6.45, 7) is 5.90. The highest BCUT2D eigenvalue weighted by Gasteiger charge is 2.27. The molecule has 9 heteroatoms. The molecule has 0 amide bonds. The normalized spacial score (nSPS) is 16.8. The number of hydrogen-bond donors (Lipinski definition) is 1. The lowest BCUT2D eigenvalue weighted by Crippen LogP contribution is -2.34. The number of pyridine rings is 1. The van der Waals surface area contributed by atoms with Crippen LogP contribution in [0.2, 0.25) is 0 Å². The number of thiazole rings is 1. The first-order chi connectivity index (χ1) is 15.6. The van der Waals surface area contributed by atoms with Gasteiger partial charge in [0.1, 0.15) is 23.4 Å². The van der Waals surface area contributed by atoms with E-state index in [4.69, 9.17) is 15.2 Å². The first-order valence-electron chi connectivity index (χ1n) is 10.7. The molecule has 1 N–H and O–H groups in total. The maximum atomic E-state index is 8.95. The van der Waals surface area contributed by atoms with Crippen molar-refractivity contribution in [2.24, 2.45) is 0 Å². The summed E-state index contributed by atoms with van der Waals surface area (Å²) >= 11 is 1.67. The van der Waals surface area contributed by atoms with Crippen LogP contribution >= 0.6 is 11.3 Å². The molecular formula is C23H24N8S. The molecule has 1 fully saturated rings. The van der Waals surface area contributed by atoms with Crippen molar-refractivity contribution in [1.29, 1.82) is 5.26 Å². The van der Waals surface area contributed by atoms with Crippen molar-refractivity contribution >= 4 is 27.8 Å². The Morgan fingerprint density at radius 2 is 2.12 bits per heavy atom. The summed E-state index contributed by atoms with van der Waals surface area (Å²) in [7, 11) is 0. The third-order valence-electron chi connectivity index (χ3n) is 5.88. The smallest absolute Gasteiger partial charge is 0.194 e. The molecule has 1 saturated heterocycles. The Labute approximate surface area is 190 Å². The average Bonchev–Trinajstić information content (AvgIpc) is 3.36. The lowest BCUT2D eigenvalue weighted by atomic mass is 9.98. The maximum Gasteiger partial charge on any atom is 0.194 e. The Kier molecular flexibility index (Phi) is 5.55. The van der Waals surface area contributed by atoms with Crippen LogP contribution < -0.4 is 5.32 Å². The van der Waals surface area contributed by atoms with Crippen LogP contribution in [0.3, 0.4) is 0 Å². The number of anilines is 2. The van der Waals surface area contributed by atoms with E-state index in [0.717, 1.165) is 53.2 Å². The van der Waals surface area contributed by atoms with Crippen molar-refractivity contribution < 1.29 is 0 Å². The molecule has 8 nitrogen and oxygen atoms in total. The summed E-state index contributed by atoms with van der Waals surface area (Å²) in [5.74, 6) is 1.48. The molecule has 0 radical (unpaired) electrons. The molecule has 0 bridgehead atoms. The van der Waals surface area contributed by atoms with E-state index in [1.165, 1.54) is 18.5 Å². The highest BCUT2D eigenvalue weighted by atomic mass is 32.1. The molecule has 5 rings (SSSR count). The van der Waals surface area contributed by atoms with Crippen LogP contribution in [0.1, 0.15) is 53.9 Å². The van der Waals surface area contributed by atoms with Crippen LogP contribution in [-0.4, -0.2) is 35.8 Å². The molecule has 4 aromatic rings. The summed E-state index contributed by atoms with van der Waals surface area (Å²) in [5, 5.41) is 14.3. The van der Waals surface area contributed by atoms with Crippen molar-refractivity contribution in [2.75, 3.05) is 11.9 Å². The Bertz CT molecular complexity index is 1280. The van der Waals surface area contributed by atoms with Crippen molar-refractivity contribution in [3.63, 3.8) is 0 Å². The van der Waals surface area contributed by atoms with Crippen molar-refractivity contribution in [3.8, 4) is 6.07 Å². The van der Waals surface area contributed by atoms with Gasteiger partial charge in [-0.1, -0.05) is 6.42 Å². The molecule has 1 atom stereocenters. The summed E-state index contributed by atoms with van der Waals surface area (Å²) in [6, 6.07) is 7.84. The molecule has 4 aromatic heterocycles. The quantitative estimate of drug-likeness (QED) is 0.483. The number of hydrogen-bond acceptors (Lipinski definition) is 8. The third-order valence-corrected chi connectivity index (χ3v) is 6.63. The molecule has 32 heavy (non-hydrogen) atoms. The summed E-state index contributed by atoms with van der Waals surface area (Å²) in [5.41, 5.74) is 4.56. The second-order valence-corrected chi connectivity index (χ2v) is 8.95. The van der Waals surface area contributed by atoms with E-state index in [1.54, 1.807) is 23.6 Å². The number of rotatable bonds is 5. The second kappa shape index (κ2) is 8.65. The van der Waals surface area contributed by atoms with Gasteiger partial charge >= 0.3 is 0 Å². The molecule has 5 heterocycles. The van der Waals surface area contributed by atoms with E-state index in [-0.39, 0.29) is 6.04 Å². The minimum atomic E-state index is 0.230. The van der Waals surface area contributed by atoms with Gasteiger partial charge in [0.15, 0.2) is 4.96 Å². The Morgan fingerprint density at radius 3 is 2.94 bits per heavy atom. The van der Waals surface area contributed by atoms with E-state index in [2.05, 4.69) is 43.1 Å². The molecule has 0 aromatic carbocycles. The highest BCUT2D eigenvalue weighted by molar-refractivity contribution is 7.15. The van der Waals surface area contributed by atoms with Gasteiger partial charge in [-0.25, -0.2) is 19.9 Å². The minimum absolute atomic E-state index is 0.230. The zero-order chi connectivity index (χ0) is 22.1. The van der Waals surface area contributed by atoms with E-state index in [9.17, 15) is 0 Å². The molecular weight excluding hydrogens is 420 g/mol. The van der Waals surface area contributed by atoms with Gasteiger partial charge in [-0.3, -0.25) is 9.30 Å². The second-order valence-electron chi connectivity index (χ2n) is 8.08. The van der Waals surface area contributed by atoms with Gasteiger partial charge in [-0.05, 0) is 45.4 Å². The van der Waals surface area contributed by atoms with E-state index in [1.807, 2.05) is 25.1 Å². The lowest BCUT2D eigenvalue weighted by Gasteiger charge is -2.35. The predicted octanol–water partition coefficient (Wildman–Crippen LogP) is 4.54. The lowest BCUT2D eigenvalue weighted by molar-refractivity contribution is 0.135. The summed E-state index contributed by atoms with van der Waals surface area (Å²) in [4.78, 5) is 21.8. The van der Waals surface area contributed by atoms with Gasteiger partial charge < -0.3 is 5.32 Å². The number of aromatic nitrogens is 5. The number of likely N-dealkylation sites (tertiary alicyclic amines) is 1. The number of fused-ring (bicyclic) bond motifs is 1. The fourth-order valence-corrected chi connectivity index (χ4v) is 5.12. The number of nitrogens with zero attached hydrogens (tertiary/aromatic N) is 7. The van der Waals surface area contributed by atoms with E-state index in [0.29, 0.717) is 5.69 Å². The van der Waals surface area contributed by atoms with Crippen LogP contribution in [0, 0.1) is 25.2 Å². The largest absolute Gasteiger partial charge is 0.339 e. The van der Waals surface area contributed by atoms with Gasteiger partial charge in [-0.15, -0.1) is 11.3 Å². The first kappa shape index (κ1) is 20.5. The average molecular weight is 445 g/mol. The van der Waals surface area contributed by atoms with Crippen LogP contribution in [-0.2, 0) is 6.54 Å². The van der Waals surface area contributed by atoms with Crippen LogP contribution in [0.15, 0.2) is 36.0 Å². The van der Waals surface area contributed by atoms with Gasteiger partial charge in [0.2, 0.25) is 0 Å². The predicted molar refractivity (Wildman–Crippen MR) is 124 cm³/mol. The first-order valence-corrected chi connectivity index (χ1v) is 11.6. The van der Waals surface area contributed by atoms with Gasteiger partial charge in [0.05, 0.1) is 35.0 Å². The van der Waals surface area contributed by atoms with Crippen LogP contribution in [0.4, 0.5) is 11.5 Å². The minimum Gasteiger partial charge on any atom is -0.339 e. The Hall–Kier alpha value is -3.35. The third kappa shape index (κ3) is 4.07. The number of aryl methyl sites for hydroxylation is 2. The highest BCUT2D eigenvalue weighted by Crippen LogP contribution is 2.33. The summed E-state index contributed by atoms with van der Waals surface area (Å²) < 4.78 is 2.21. The monoisotopic (exact) mass is 444 g/mol. The number of nitriles is 1. The molecule has 1 aliphatic heterocycles. The molecule has 0 saturated carbocycles. The maximum absolute atomic E-state index is 8.95. The van der Waals surface area contributed by atoms with Crippen LogP contribution in [0.5, 0.6) is 0 Å². The summed E-state index contributed by atoms with van der Waals surface area (Å²) in [6.07, 6.45) is 7.20. The van der Waals surface area contributed by atoms with Crippen molar-refractivity contribution in [3.05, 3.63) is 64.6 Å². The number of nitrogens with one attached hydrogen (secondary N) is 1. The fraction of sp³-hybridized carbons (Fsp3) is 0.348. The van der Waals surface area contributed by atoms with Gasteiger partial charge in [0.25, 0.3) is 0 Å². The van der Waals surface area contributed by atoms with Crippen molar-refractivity contribution in [1.82, 2.24) is 29.2 Å². The molecule has 0 spiro atoms. The zero-order valence-electron chi connectivity index (χ0n) is 18.1. The number of piperidine rings is 1. The SMILES string of the molecule is Cc1nc(Nc2ccc(C#N)nc2)cc([C@@H]2CCCCN2Cc2c(C)nc3sccn23)n1.